The number of rotatable bonds is 6. The highest BCUT2D eigenvalue weighted by molar-refractivity contribution is 7.80. The predicted octanol–water partition coefficient (Wildman–Crippen LogP) is 6.95. The molecule has 1 saturated heterocycles. The van der Waals surface area contributed by atoms with E-state index < -0.39 is 17.6 Å². The van der Waals surface area contributed by atoms with Crippen molar-refractivity contribution in [1.82, 2.24) is 9.88 Å². The first kappa shape index (κ1) is 27.6. The third-order valence-corrected chi connectivity index (χ3v) is 7.34. The Morgan fingerprint density at radius 3 is 2.42 bits per heavy atom. The number of hydrogen-bond acceptors (Lipinski definition) is 4. The van der Waals surface area contributed by atoms with Crippen molar-refractivity contribution in [3.8, 4) is 11.4 Å². The highest BCUT2D eigenvalue weighted by Gasteiger charge is 2.35. The van der Waals surface area contributed by atoms with Gasteiger partial charge in [0, 0.05) is 32.7 Å². The number of nitrogens with one attached hydrogen (secondary N) is 1. The second-order valence-corrected chi connectivity index (χ2v) is 10.3. The number of hydrogen-bond donors (Lipinski definition) is 1. The second-order valence-electron chi connectivity index (χ2n) is 9.09. The highest BCUT2D eigenvalue weighted by atomic mass is 35.5. The van der Waals surface area contributed by atoms with E-state index in [1.807, 2.05) is 54.8 Å². The van der Waals surface area contributed by atoms with Crippen molar-refractivity contribution in [2.45, 2.75) is 20.5 Å². The van der Waals surface area contributed by atoms with Crippen LogP contribution in [0.1, 0.15) is 22.5 Å². The lowest BCUT2D eigenvalue weighted by Gasteiger charge is -2.29. The molecule has 1 aliphatic rings. The molecule has 5 rings (SSSR count). The molecule has 0 atom stereocenters. The number of amides is 2. The molecule has 1 aromatic heterocycles. The van der Waals surface area contributed by atoms with E-state index in [9.17, 15) is 14.0 Å². The summed E-state index contributed by atoms with van der Waals surface area (Å²) in [7, 11) is 0. The lowest BCUT2D eigenvalue weighted by atomic mass is 10.1. The number of carbonyl (C=O) groups excluding carboxylic acids is 2. The molecule has 0 saturated carbocycles. The van der Waals surface area contributed by atoms with Crippen LogP contribution in [0.2, 0.25) is 10.0 Å². The van der Waals surface area contributed by atoms with Crippen molar-refractivity contribution in [3.63, 3.8) is 0 Å². The second kappa shape index (κ2) is 11.3. The summed E-state index contributed by atoms with van der Waals surface area (Å²) in [4.78, 5) is 27.1. The van der Waals surface area contributed by atoms with Gasteiger partial charge in [0.05, 0.1) is 5.69 Å². The van der Waals surface area contributed by atoms with Crippen molar-refractivity contribution < 1.29 is 18.7 Å². The van der Waals surface area contributed by atoms with Crippen LogP contribution in [0.4, 0.5) is 10.1 Å². The van der Waals surface area contributed by atoms with Crippen LogP contribution in [0.25, 0.3) is 11.8 Å². The fourth-order valence-electron chi connectivity index (χ4n) is 4.49. The third-order valence-electron chi connectivity index (χ3n) is 6.47. The summed E-state index contributed by atoms with van der Waals surface area (Å²) in [5.41, 5.74) is 3.85. The van der Waals surface area contributed by atoms with Crippen molar-refractivity contribution in [2.24, 2.45) is 0 Å². The topological polar surface area (TPSA) is 63.6 Å². The van der Waals surface area contributed by atoms with Crippen LogP contribution in [-0.4, -0.2) is 21.5 Å². The fourth-order valence-corrected chi connectivity index (χ4v) is 5.22. The lowest BCUT2D eigenvalue weighted by molar-refractivity contribution is -0.122. The molecule has 0 aliphatic carbocycles. The smallest absolute Gasteiger partial charge is 0.270 e. The molecule has 6 nitrogen and oxygen atoms in total. The Morgan fingerprint density at radius 1 is 1.00 bits per heavy atom. The molecule has 0 spiro atoms. The molecule has 1 aliphatic heterocycles. The number of anilines is 1. The molecule has 40 heavy (non-hydrogen) atoms. The van der Waals surface area contributed by atoms with Gasteiger partial charge in [-0.25, -0.2) is 9.29 Å². The average Bonchev–Trinajstić information content (AvgIpc) is 3.19. The Morgan fingerprint density at radius 2 is 1.73 bits per heavy atom. The molecular formula is C30H22Cl2FN3O3S. The fraction of sp³-hybridized carbons (Fsp3) is 0.100. The molecule has 1 N–H and O–H groups in total. The van der Waals surface area contributed by atoms with Gasteiger partial charge in [0.1, 0.15) is 23.7 Å². The zero-order valence-electron chi connectivity index (χ0n) is 21.4. The summed E-state index contributed by atoms with van der Waals surface area (Å²) in [6.07, 6.45) is 1.50. The molecular weight excluding hydrogens is 572 g/mol. The summed E-state index contributed by atoms with van der Waals surface area (Å²) in [6.45, 7) is 4.10. The zero-order chi connectivity index (χ0) is 28.6. The van der Waals surface area contributed by atoms with Crippen LogP contribution in [0.3, 0.4) is 0 Å². The monoisotopic (exact) mass is 593 g/mol. The molecule has 0 radical (unpaired) electrons. The summed E-state index contributed by atoms with van der Waals surface area (Å²) in [5.74, 6) is -1.32. The number of benzene rings is 3. The van der Waals surface area contributed by atoms with Crippen molar-refractivity contribution in [3.05, 3.63) is 117 Å². The Hall–Kier alpha value is -3.98. The summed E-state index contributed by atoms with van der Waals surface area (Å²) in [5, 5.41) is 3.41. The molecule has 2 amide bonds. The zero-order valence-corrected chi connectivity index (χ0v) is 23.7. The number of aryl methyl sites for hydroxylation is 1. The Kier molecular flexibility index (Phi) is 7.76. The van der Waals surface area contributed by atoms with Crippen LogP contribution in [0.15, 0.2) is 78.4 Å². The number of nitrogens with zero attached hydrogens (tertiary/aromatic N) is 2. The van der Waals surface area contributed by atoms with E-state index in [2.05, 4.69) is 5.32 Å². The molecule has 10 heteroatoms. The standard InChI is InChI=1S/C30H22Cl2FN3O3S/c1-17-13-20(14-24-28(37)34-30(40)36(29(24)38)27-6-4-3-5-26(27)33)18(2)35(17)22-9-11-23(12-10-22)39-16-19-7-8-21(31)15-25(19)32/h3-15H,16H2,1-2H3,(H,34,37,40)/b24-14+. The van der Waals surface area contributed by atoms with E-state index in [-0.39, 0.29) is 23.0 Å². The first-order valence-electron chi connectivity index (χ1n) is 12.2. The average molecular weight is 594 g/mol. The van der Waals surface area contributed by atoms with Crippen LogP contribution < -0.4 is 15.0 Å². The van der Waals surface area contributed by atoms with Gasteiger partial charge in [-0.1, -0.05) is 41.4 Å². The van der Waals surface area contributed by atoms with Gasteiger partial charge in [-0.2, -0.15) is 0 Å². The number of para-hydroxylation sites is 1. The largest absolute Gasteiger partial charge is 0.489 e. The number of aromatic nitrogens is 1. The third kappa shape index (κ3) is 5.38. The quantitative estimate of drug-likeness (QED) is 0.149. The van der Waals surface area contributed by atoms with Gasteiger partial charge in [-0.3, -0.25) is 14.9 Å². The molecule has 0 unspecified atom stereocenters. The Bertz CT molecular complexity index is 1700. The van der Waals surface area contributed by atoms with Gasteiger partial charge in [0.2, 0.25) is 0 Å². The Labute approximate surface area is 245 Å². The van der Waals surface area contributed by atoms with Gasteiger partial charge in [-0.15, -0.1) is 0 Å². The van der Waals surface area contributed by atoms with E-state index in [0.717, 1.165) is 27.5 Å². The number of thiocarbonyl (C=S) groups is 1. The van der Waals surface area contributed by atoms with E-state index >= 15 is 0 Å². The summed E-state index contributed by atoms with van der Waals surface area (Å²) >= 11 is 17.4. The number of carbonyl (C=O) groups is 2. The maximum atomic E-state index is 14.5. The summed E-state index contributed by atoms with van der Waals surface area (Å²) < 4.78 is 22.4. The first-order chi connectivity index (χ1) is 19.1. The van der Waals surface area contributed by atoms with Crippen LogP contribution in [-0.2, 0) is 16.2 Å². The number of halogens is 3. The number of ether oxygens (including phenoxy) is 1. The van der Waals surface area contributed by atoms with Gasteiger partial charge in [0.15, 0.2) is 5.11 Å². The normalized spacial score (nSPS) is 14.6. The van der Waals surface area contributed by atoms with E-state index in [4.69, 9.17) is 40.2 Å². The summed E-state index contributed by atoms with van der Waals surface area (Å²) in [6, 6.07) is 20.4. The minimum absolute atomic E-state index is 0.0329. The lowest BCUT2D eigenvalue weighted by Crippen LogP contribution is -2.54. The van der Waals surface area contributed by atoms with Gasteiger partial charge in [0.25, 0.3) is 11.8 Å². The van der Waals surface area contributed by atoms with Crippen molar-refractivity contribution in [1.29, 1.82) is 0 Å². The van der Waals surface area contributed by atoms with E-state index in [1.165, 1.54) is 24.3 Å². The highest BCUT2D eigenvalue weighted by Crippen LogP contribution is 2.28. The van der Waals surface area contributed by atoms with Crippen LogP contribution >= 0.6 is 35.4 Å². The van der Waals surface area contributed by atoms with E-state index in [1.54, 1.807) is 18.2 Å². The SMILES string of the molecule is Cc1cc(/C=C2\C(=O)NC(=S)N(c3ccccc3F)C2=O)c(C)n1-c1ccc(OCc2ccc(Cl)cc2Cl)cc1. The minimum Gasteiger partial charge on any atom is -0.489 e. The predicted molar refractivity (Wildman–Crippen MR) is 159 cm³/mol. The maximum absolute atomic E-state index is 14.5. The van der Waals surface area contributed by atoms with Gasteiger partial charge < -0.3 is 9.30 Å². The van der Waals surface area contributed by atoms with Crippen molar-refractivity contribution >= 4 is 64.1 Å². The van der Waals surface area contributed by atoms with Gasteiger partial charge >= 0.3 is 0 Å². The maximum Gasteiger partial charge on any atom is 0.270 e. The minimum atomic E-state index is -0.703. The molecule has 2 heterocycles. The molecule has 3 aromatic carbocycles. The molecule has 0 bridgehead atoms. The van der Waals surface area contributed by atoms with Crippen LogP contribution in [0.5, 0.6) is 5.75 Å². The van der Waals surface area contributed by atoms with E-state index in [0.29, 0.717) is 21.4 Å². The molecule has 202 valence electrons. The molecule has 4 aromatic rings. The molecule has 1 fully saturated rings. The Balaban J connectivity index is 1.40. The van der Waals surface area contributed by atoms with Crippen molar-refractivity contribution in [2.75, 3.05) is 4.90 Å². The van der Waals surface area contributed by atoms with Gasteiger partial charge in [-0.05, 0) is 92.3 Å². The van der Waals surface area contributed by atoms with Crippen LogP contribution in [0, 0.1) is 19.7 Å². The first-order valence-corrected chi connectivity index (χ1v) is 13.3.